The van der Waals surface area contributed by atoms with Gasteiger partial charge in [0.05, 0.1) is 0 Å². The summed E-state index contributed by atoms with van der Waals surface area (Å²) in [7, 11) is -16.2. The molecule has 0 radical (unpaired) electrons. The van der Waals surface area contributed by atoms with Gasteiger partial charge in [-0.15, -0.1) is 0 Å². The van der Waals surface area contributed by atoms with Crippen LogP contribution in [-0.2, 0) is 45.9 Å². The first-order chi connectivity index (χ1) is 7.41. The van der Waals surface area contributed by atoms with E-state index in [1.807, 2.05) is 0 Å². The molecule has 0 aromatic heterocycles. The SMILES string of the molecule is O=P(O)(O)OP(=O)(O)OP(=O)(O)O.[O]=[Mo](=[O])([OH])[OH]. The number of hydrogen-bond donors (Lipinski definition) is 7. The van der Waals surface area contributed by atoms with E-state index in [4.69, 9.17) is 38.8 Å². The molecule has 18 heavy (non-hydrogen) atoms. The van der Waals surface area contributed by atoms with Gasteiger partial charge in [0.1, 0.15) is 0 Å². The third-order valence-electron chi connectivity index (χ3n) is 0.419. The fourth-order valence-corrected chi connectivity index (χ4v) is 2.82. The van der Waals surface area contributed by atoms with Crippen LogP contribution in [0.1, 0.15) is 0 Å². The normalized spacial score (nSPS) is 13.7. The van der Waals surface area contributed by atoms with E-state index in [1.165, 1.54) is 0 Å². The maximum atomic E-state index is 10.4. The van der Waals surface area contributed by atoms with Crippen molar-refractivity contribution in [1.29, 1.82) is 0 Å². The summed E-state index contributed by atoms with van der Waals surface area (Å²) in [6.07, 6.45) is 0. The fraction of sp³-hybridized carbons (Fsp3) is 0. The standard InChI is InChI=1S/Mo.H5O10P3.2H2O.2O/c;1-11(2,3)9-13(7,8)10-12(4,5)6;;;;/h;(H,7,8)(H2,1,2,3)(H2,4,5,6);2*1H2;;/q+2;;;;;/p-2. The summed E-state index contributed by atoms with van der Waals surface area (Å²) >= 11 is -5.52. The third-order valence-corrected chi connectivity index (χ3v) is 3.77. The molecular weight excluding hydrogens is 413 g/mol. The zero-order valence-electron chi connectivity index (χ0n) is 7.74. The molecule has 0 atom stereocenters. The zero-order valence-corrected chi connectivity index (χ0v) is 12.4. The van der Waals surface area contributed by atoms with Crippen LogP contribution in [0.25, 0.3) is 0 Å². The molecule has 7 N–H and O–H groups in total. The van der Waals surface area contributed by atoms with Crippen LogP contribution in [0.15, 0.2) is 0 Å². The fourth-order valence-electron chi connectivity index (χ4n) is 0.284. The second-order valence-electron chi connectivity index (χ2n) is 2.06. The maximum absolute atomic E-state index is 10.4. The van der Waals surface area contributed by atoms with Crippen LogP contribution in [0.4, 0.5) is 0 Å². The van der Waals surface area contributed by atoms with Gasteiger partial charge in [0.15, 0.2) is 0 Å². The van der Waals surface area contributed by atoms with Crippen molar-refractivity contribution in [2.75, 3.05) is 0 Å². The van der Waals surface area contributed by atoms with Crippen LogP contribution < -0.4 is 0 Å². The van der Waals surface area contributed by atoms with Gasteiger partial charge in [-0.05, 0) is 0 Å². The van der Waals surface area contributed by atoms with Crippen molar-refractivity contribution >= 4 is 23.5 Å². The molecule has 0 bridgehead atoms. The molecule has 0 aliphatic rings. The summed E-state index contributed by atoms with van der Waals surface area (Å²) in [5, 5.41) is 0. The van der Waals surface area contributed by atoms with E-state index in [0.717, 1.165) is 0 Å². The average molecular weight is 420 g/mol. The zero-order chi connectivity index (χ0) is 15.4. The van der Waals surface area contributed by atoms with Crippen LogP contribution in [0.5, 0.6) is 0 Å². The van der Waals surface area contributed by atoms with Crippen LogP contribution in [0.3, 0.4) is 0 Å². The summed E-state index contributed by atoms with van der Waals surface area (Å²) in [4.78, 5) is 40.2. The molecule has 112 valence electrons. The van der Waals surface area contributed by atoms with E-state index in [1.54, 1.807) is 0 Å². The van der Waals surface area contributed by atoms with E-state index < -0.39 is 40.2 Å². The van der Waals surface area contributed by atoms with Gasteiger partial charge in [-0.1, -0.05) is 0 Å². The Bertz CT molecular complexity index is 447. The minimum atomic E-state index is -5.52. The van der Waals surface area contributed by atoms with Crippen molar-refractivity contribution in [2.45, 2.75) is 0 Å². The van der Waals surface area contributed by atoms with Gasteiger partial charge < -0.3 is 24.5 Å². The molecule has 0 spiro atoms. The Kier molecular flexibility index (Phi) is 7.98. The van der Waals surface area contributed by atoms with Crippen molar-refractivity contribution in [3.63, 3.8) is 0 Å². The summed E-state index contributed by atoms with van der Waals surface area (Å²) < 4.78 is 68.4. The second kappa shape index (κ2) is 6.87. The third kappa shape index (κ3) is 25.5. The Hall–Kier alpha value is 0.618. The van der Waals surface area contributed by atoms with Gasteiger partial charge in [0.25, 0.3) is 0 Å². The van der Waals surface area contributed by atoms with Gasteiger partial charge in [-0.3, -0.25) is 0 Å². The summed E-state index contributed by atoms with van der Waals surface area (Å²) in [5.41, 5.74) is 0. The average Bonchev–Trinajstić information content (AvgIpc) is 1.64. The predicted octanol–water partition coefficient (Wildman–Crippen LogP) is -2.05. The van der Waals surface area contributed by atoms with E-state index in [2.05, 4.69) is 8.62 Å². The van der Waals surface area contributed by atoms with Crippen LogP contribution >= 0.6 is 23.5 Å². The van der Waals surface area contributed by atoms with Crippen molar-refractivity contribution in [3.05, 3.63) is 0 Å². The van der Waals surface area contributed by atoms with Gasteiger partial charge in [0.2, 0.25) is 0 Å². The number of hydrogen-bond acceptors (Lipinski definition) is 7. The first kappa shape index (κ1) is 20.9. The van der Waals surface area contributed by atoms with Crippen LogP contribution in [-0.4, -0.2) is 32.0 Å². The molecule has 0 saturated carbocycles. The monoisotopic (exact) mass is 422 g/mol. The van der Waals surface area contributed by atoms with E-state index in [9.17, 15) is 13.7 Å². The molecule has 0 aromatic rings. The first-order valence-corrected chi connectivity index (χ1v) is 11.0. The first-order valence-electron chi connectivity index (χ1n) is 2.98. The molecule has 18 heteroatoms. The predicted molar refractivity (Wildman–Crippen MR) is 41.9 cm³/mol. The molecule has 0 saturated heterocycles. The Morgan fingerprint density at radius 3 is 1.00 bits per heavy atom. The van der Waals surface area contributed by atoms with Gasteiger partial charge in [-0.25, -0.2) is 13.7 Å². The molecule has 14 nitrogen and oxygen atoms in total. The van der Waals surface area contributed by atoms with E-state index in [-0.39, 0.29) is 0 Å². The molecule has 0 fully saturated rings. The molecule has 0 rings (SSSR count). The van der Waals surface area contributed by atoms with Crippen molar-refractivity contribution in [3.8, 4) is 0 Å². The van der Waals surface area contributed by atoms with E-state index >= 15 is 0 Å². The summed E-state index contributed by atoms with van der Waals surface area (Å²) in [5.74, 6) is 0. The van der Waals surface area contributed by atoms with Crippen molar-refractivity contribution in [2.24, 2.45) is 0 Å². The number of rotatable bonds is 4. The summed E-state index contributed by atoms with van der Waals surface area (Å²) in [6.45, 7) is 0. The van der Waals surface area contributed by atoms with Crippen LogP contribution in [0, 0.1) is 0 Å². The van der Waals surface area contributed by atoms with E-state index in [0.29, 0.717) is 0 Å². The van der Waals surface area contributed by atoms with Gasteiger partial charge >= 0.3 is 54.5 Å². The minimum absolute atomic E-state index is 3.06. The molecule has 0 amide bonds. The quantitative estimate of drug-likeness (QED) is 0.191. The Morgan fingerprint density at radius 1 is 0.722 bits per heavy atom. The second-order valence-corrected chi connectivity index (χ2v) is 8.47. The Balaban J connectivity index is 0. The topological polar surface area (TPSA) is 245 Å². The van der Waals surface area contributed by atoms with Crippen molar-refractivity contribution in [1.82, 2.24) is 0 Å². The molecule has 0 unspecified atom stereocenters. The van der Waals surface area contributed by atoms with Crippen molar-refractivity contribution < 1.29 is 77.8 Å². The molecular formula is H7MoO14P3. The molecule has 0 aliphatic heterocycles. The summed E-state index contributed by atoms with van der Waals surface area (Å²) in [6, 6.07) is 0. The Labute approximate surface area is 102 Å². The van der Waals surface area contributed by atoms with Crippen LogP contribution in [0.2, 0.25) is 0 Å². The van der Waals surface area contributed by atoms with Gasteiger partial charge in [0, 0.05) is 0 Å². The molecule has 0 heterocycles. The molecule has 0 aliphatic carbocycles. The van der Waals surface area contributed by atoms with Gasteiger partial charge in [-0.2, -0.15) is 8.62 Å². The molecule has 0 aromatic carbocycles. The number of phosphoric acid groups is 3. The Morgan fingerprint density at radius 2 is 0.889 bits per heavy atom.